The molecule has 3 rings (SSSR count). The molecule has 0 aliphatic carbocycles. The van der Waals surface area contributed by atoms with Crippen LogP contribution in [0.4, 0.5) is 17.1 Å². The Morgan fingerprint density at radius 3 is 2.55 bits per heavy atom. The van der Waals surface area contributed by atoms with Crippen LogP contribution in [0.2, 0.25) is 0 Å². The lowest BCUT2D eigenvalue weighted by molar-refractivity contribution is -0.383. The number of non-ortho nitro benzene ring substituents is 1. The zero-order valence-corrected chi connectivity index (χ0v) is 20.7. The molecule has 38 heavy (non-hydrogen) atoms. The quantitative estimate of drug-likeness (QED) is 0.0588. The fraction of sp³-hybridized carbons (Fsp3) is 0.269. The number of ether oxygens (including phenoxy) is 1. The van der Waals surface area contributed by atoms with Gasteiger partial charge in [0.2, 0.25) is 11.4 Å². The number of rotatable bonds is 14. The van der Waals surface area contributed by atoms with E-state index in [1.165, 1.54) is 12.1 Å². The number of nitrogens with zero attached hydrogens (tertiary/aromatic N) is 3. The third-order valence-corrected chi connectivity index (χ3v) is 5.40. The summed E-state index contributed by atoms with van der Waals surface area (Å²) in [5, 5.41) is 24.4. The van der Waals surface area contributed by atoms with Gasteiger partial charge in [-0.1, -0.05) is 24.6 Å². The number of benzene rings is 2. The highest BCUT2D eigenvalue weighted by molar-refractivity contribution is 5.96. The fourth-order valence-corrected chi connectivity index (χ4v) is 3.52. The number of aldehydes is 1. The van der Waals surface area contributed by atoms with Crippen LogP contribution in [0.1, 0.15) is 38.2 Å². The van der Waals surface area contributed by atoms with Crippen LogP contribution in [0.25, 0.3) is 17.1 Å². The molecule has 0 aliphatic heterocycles. The average Bonchev–Trinajstić information content (AvgIpc) is 3.39. The summed E-state index contributed by atoms with van der Waals surface area (Å²) >= 11 is 0. The molecule has 198 valence electrons. The number of amides is 1. The molecule has 0 fully saturated rings. The largest absolute Gasteiger partial charge is 0.462 e. The van der Waals surface area contributed by atoms with Crippen LogP contribution in [0.5, 0.6) is 0 Å². The van der Waals surface area contributed by atoms with E-state index >= 15 is 0 Å². The number of carbonyl (C=O) groups is 3. The van der Waals surface area contributed by atoms with E-state index in [1.54, 1.807) is 43.3 Å². The molecule has 1 heterocycles. The van der Waals surface area contributed by atoms with Crippen molar-refractivity contribution in [2.24, 2.45) is 0 Å². The van der Waals surface area contributed by atoms with E-state index in [9.17, 15) is 24.5 Å². The number of fused-ring (bicyclic) bond motifs is 1. The summed E-state index contributed by atoms with van der Waals surface area (Å²) in [6.45, 7) is 2.49. The highest BCUT2D eigenvalue weighted by Crippen LogP contribution is 2.28. The first-order valence-electron chi connectivity index (χ1n) is 12.0. The molecule has 0 spiro atoms. The van der Waals surface area contributed by atoms with Crippen LogP contribution < -0.4 is 10.6 Å². The lowest BCUT2D eigenvalue weighted by Crippen LogP contribution is -2.11. The van der Waals surface area contributed by atoms with Gasteiger partial charge in [-0.2, -0.15) is 0 Å². The summed E-state index contributed by atoms with van der Waals surface area (Å²) in [4.78, 5) is 45.4. The first kappa shape index (κ1) is 27.7. The van der Waals surface area contributed by atoms with Gasteiger partial charge in [-0.15, -0.1) is 0 Å². The molecule has 0 bridgehead atoms. The maximum Gasteiger partial charge on any atom is 0.338 e. The summed E-state index contributed by atoms with van der Waals surface area (Å²) in [6, 6.07) is 9.98. The van der Waals surface area contributed by atoms with E-state index in [1.807, 2.05) is 0 Å². The summed E-state index contributed by atoms with van der Waals surface area (Å²) < 4.78 is 9.56. The van der Waals surface area contributed by atoms with Crippen LogP contribution in [0.15, 0.2) is 58.8 Å². The zero-order chi connectivity index (χ0) is 27.3. The first-order valence-corrected chi connectivity index (χ1v) is 12.0. The van der Waals surface area contributed by atoms with Crippen LogP contribution >= 0.6 is 0 Å². The highest BCUT2D eigenvalue weighted by atomic mass is 16.6. The minimum Gasteiger partial charge on any atom is -0.462 e. The average molecular weight is 522 g/mol. The maximum atomic E-state index is 12.3. The van der Waals surface area contributed by atoms with E-state index in [-0.39, 0.29) is 29.3 Å². The molecule has 0 unspecified atom stereocenters. The Morgan fingerprint density at radius 1 is 1.08 bits per heavy atom. The zero-order valence-electron chi connectivity index (χ0n) is 20.7. The molecular formula is C26H27N5O7. The molecule has 2 N–H and O–H groups in total. The van der Waals surface area contributed by atoms with Crippen molar-refractivity contribution in [3.05, 3.63) is 69.8 Å². The second-order valence-corrected chi connectivity index (χ2v) is 8.07. The van der Waals surface area contributed by atoms with Gasteiger partial charge < -0.3 is 15.4 Å². The van der Waals surface area contributed by atoms with Crippen molar-refractivity contribution < 1.29 is 28.7 Å². The SMILES string of the molecule is CCOC(=O)C(C=Cc1ccc(NC(=O)CCCCCNc2ccc([N+](=O)[O-])c3nonc23)cc1)=CC=O. The summed E-state index contributed by atoms with van der Waals surface area (Å²) in [5.41, 5.74) is 2.40. The summed E-state index contributed by atoms with van der Waals surface area (Å²) in [6.07, 6.45) is 7.47. The number of nitro groups is 1. The second-order valence-electron chi connectivity index (χ2n) is 8.07. The van der Waals surface area contributed by atoms with Crippen molar-refractivity contribution >= 4 is 52.3 Å². The molecule has 0 saturated heterocycles. The molecule has 0 saturated carbocycles. The molecule has 1 aromatic heterocycles. The number of unbranched alkanes of at least 4 members (excludes halogenated alkanes) is 2. The number of esters is 1. The van der Waals surface area contributed by atoms with Crippen LogP contribution in [-0.4, -0.2) is 46.6 Å². The Hall–Kier alpha value is -4.87. The number of nitrogens with one attached hydrogen (secondary N) is 2. The number of aromatic nitrogens is 2. The summed E-state index contributed by atoms with van der Waals surface area (Å²) in [5.74, 6) is -0.683. The molecule has 0 aliphatic rings. The Morgan fingerprint density at radius 2 is 1.84 bits per heavy atom. The fourth-order valence-electron chi connectivity index (χ4n) is 3.52. The second kappa shape index (κ2) is 14.0. The summed E-state index contributed by atoms with van der Waals surface area (Å²) in [7, 11) is 0. The van der Waals surface area contributed by atoms with E-state index in [0.29, 0.717) is 42.6 Å². The van der Waals surface area contributed by atoms with Crippen LogP contribution in [0, 0.1) is 10.1 Å². The van der Waals surface area contributed by atoms with Gasteiger partial charge in [-0.05, 0) is 66.0 Å². The van der Waals surface area contributed by atoms with Crippen molar-refractivity contribution in [1.82, 2.24) is 10.3 Å². The monoisotopic (exact) mass is 521 g/mol. The van der Waals surface area contributed by atoms with Gasteiger partial charge in [0.25, 0.3) is 0 Å². The molecule has 0 radical (unpaired) electrons. The number of hydrogen-bond acceptors (Lipinski definition) is 10. The molecule has 0 atom stereocenters. The van der Waals surface area contributed by atoms with Gasteiger partial charge in [-0.25, -0.2) is 9.42 Å². The maximum absolute atomic E-state index is 12.3. The van der Waals surface area contributed by atoms with E-state index in [4.69, 9.17) is 4.74 Å². The molecule has 1 amide bonds. The van der Waals surface area contributed by atoms with Gasteiger partial charge in [0.15, 0.2) is 5.52 Å². The predicted molar refractivity (Wildman–Crippen MR) is 140 cm³/mol. The Kier molecular flexibility index (Phi) is 10.2. The van der Waals surface area contributed by atoms with Gasteiger partial charge in [0, 0.05) is 24.7 Å². The number of carbonyl (C=O) groups excluding carboxylic acids is 3. The van der Waals surface area contributed by atoms with E-state index in [0.717, 1.165) is 24.5 Å². The van der Waals surface area contributed by atoms with Gasteiger partial charge in [0.05, 0.1) is 22.8 Å². The molecule has 12 nitrogen and oxygen atoms in total. The van der Waals surface area contributed by atoms with E-state index < -0.39 is 10.9 Å². The van der Waals surface area contributed by atoms with Crippen LogP contribution in [0.3, 0.4) is 0 Å². The minimum atomic E-state index is -0.577. The Balaban J connectivity index is 1.39. The topological polar surface area (TPSA) is 167 Å². The van der Waals surface area contributed by atoms with Crippen molar-refractivity contribution in [3.63, 3.8) is 0 Å². The van der Waals surface area contributed by atoms with Gasteiger partial charge in [0.1, 0.15) is 6.29 Å². The normalized spacial score (nSPS) is 11.4. The molecular weight excluding hydrogens is 494 g/mol. The van der Waals surface area contributed by atoms with Crippen molar-refractivity contribution in [2.75, 3.05) is 23.8 Å². The standard InChI is InChI=1S/C26H27N5O7/c1-2-37-26(34)19(15-17-32)10-7-18-8-11-20(12-9-18)28-23(33)6-4-3-5-16-27-21-13-14-22(31(35)36)25-24(21)29-38-30-25/h7-15,17,27H,2-6,16H2,1H3,(H,28,33). The molecule has 12 heteroatoms. The minimum absolute atomic E-state index is 0.0943. The molecule has 3 aromatic rings. The molecule has 2 aromatic carbocycles. The lowest BCUT2D eigenvalue weighted by Gasteiger charge is -2.07. The number of hydrogen-bond donors (Lipinski definition) is 2. The van der Waals surface area contributed by atoms with Crippen molar-refractivity contribution in [3.8, 4) is 0 Å². The highest BCUT2D eigenvalue weighted by Gasteiger charge is 2.19. The Labute approximate surface area is 217 Å². The van der Waals surface area contributed by atoms with Crippen molar-refractivity contribution in [2.45, 2.75) is 32.6 Å². The van der Waals surface area contributed by atoms with Gasteiger partial charge >= 0.3 is 11.7 Å². The number of anilines is 2. The van der Waals surface area contributed by atoms with Crippen LogP contribution in [-0.2, 0) is 19.1 Å². The third kappa shape index (κ3) is 7.82. The van der Waals surface area contributed by atoms with E-state index in [2.05, 4.69) is 25.6 Å². The number of allylic oxidation sites excluding steroid dienone is 1. The Bertz CT molecular complexity index is 1350. The van der Waals surface area contributed by atoms with Gasteiger partial charge in [-0.3, -0.25) is 19.7 Å². The third-order valence-electron chi connectivity index (χ3n) is 5.40. The smallest absolute Gasteiger partial charge is 0.338 e. The van der Waals surface area contributed by atoms with Crippen molar-refractivity contribution in [1.29, 1.82) is 0 Å². The lowest BCUT2D eigenvalue weighted by atomic mass is 10.1. The predicted octanol–water partition coefficient (Wildman–Crippen LogP) is 4.44. The first-order chi connectivity index (χ1) is 18.4. The number of nitro benzene ring substituents is 1.